The number of hydrogen-bond acceptors (Lipinski definition) is 9. The SMILES string of the molecule is CC(C)OC(=O)[C@H](C)N[P@](=O)(CO[C@H](C)Cn1cnc2c(NC=O)ncnc21)Oc1ccccc1. The number of imidazole rings is 1. The molecule has 12 nitrogen and oxygen atoms in total. The average molecular weight is 504 g/mol. The van der Waals surface area contributed by atoms with Crippen LogP contribution in [0.3, 0.4) is 0 Å². The van der Waals surface area contributed by atoms with Crippen molar-refractivity contribution in [3.63, 3.8) is 0 Å². The number of esters is 1. The van der Waals surface area contributed by atoms with Crippen LogP contribution in [-0.4, -0.2) is 56.5 Å². The van der Waals surface area contributed by atoms with Crippen LogP contribution in [0.15, 0.2) is 43.0 Å². The van der Waals surface area contributed by atoms with Crippen molar-refractivity contribution in [1.82, 2.24) is 24.6 Å². The van der Waals surface area contributed by atoms with Gasteiger partial charge in [0.2, 0.25) is 6.41 Å². The molecule has 2 aromatic heterocycles. The number of carbonyl (C=O) groups is 2. The fraction of sp³-hybridized carbons (Fsp3) is 0.409. The van der Waals surface area contributed by atoms with Crippen molar-refractivity contribution in [2.45, 2.75) is 52.5 Å². The van der Waals surface area contributed by atoms with Gasteiger partial charge < -0.3 is 23.9 Å². The van der Waals surface area contributed by atoms with Gasteiger partial charge in [-0.2, -0.15) is 0 Å². The third-order valence-electron chi connectivity index (χ3n) is 4.67. The lowest BCUT2D eigenvalue weighted by molar-refractivity contribution is -0.149. The van der Waals surface area contributed by atoms with Crippen LogP contribution < -0.4 is 14.9 Å². The van der Waals surface area contributed by atoms with E-state index < -0.39 is 25.6 Å². The van der Waals surface area contributed by atoms with E-state index in [2.05, 4.69) is 25.4 Å². The topological polar surface area (TPSA) is 147 Å². The molecule has 0 unspecified atom stereocenters. The Kier molecular flexibility index (Phi) is 8.91. The van der Waals surface area contributed by atoms with E-state index in [0.29, 0.717) is 35.7 Å². The van der Waals surface area contributed by atoms with Gasteiger partial charge in [0, 0.05) is 0 Å². The molecule has 188 valence electrons. The van der Waals surface area contributed by atoms with E-state index in [4.69, 9.17) is 14.0 Å². The van der Waals surface area contributed by atoms with Crippen molar-refractivity contribution in [3.05, 3.63) is 43.0 Å². The van der Waals surface area contributed by atoms with E-state index in [0.717, 1.165) is 0 Å². The predicted molar refractivity (Wildman–Crippen MR) is 129 cm³/mol. The third-order valence-corrected chi connectivity index (χ3v) is 6.45. The maximum Gasteiger partial charge on any atom is 0.342 e. The molecule has 0 spiro atoms. The zero-order chi connectivity index (χ0) is 25.4. The molecule has 0 aliphatic heterocycles. The normalized spacial score (nSPS) is 14.8. The summed E-state index contributed by atoms with van der Waals surface area (Å²) in [6, 6.07) is 7.75. The van der Waals surface area contributed by atoms with Crippen molar-refractivity contribution in [1.29, 1.82) is 0 Å². The highest BCUT2D eigenvalue weighted by Crippen LogP contribution is 2.44. The van der Waals surface area contributed by atoms with Gasteiger partial charge in [-0.1, -0.05) is 18.2 Å². The molecule has 0 saturated carbocycles. The molecule has 0 bridgehead atoms. The smallest absolute Gasteiger partial charge is 0.342 e. The Balaban J connectivity index is 1.71. The number of amides is 1. The number of para-hydroxylation sites is 1. The molecule has 2 heterocycles. The van der Waals surface area contributed by atoms with Crippen molar-refractivity contribution < 1.29 is 28.2 Å². The number of benzene rings is 1. The van der Waals surface area contributed by atoms with Crippen molar-refractivity contribution >= 4 is 36.9 Å². The van der Waals surface area contributed by atoms with Crippen molar-refractivity contribution in [2.75, 3.05) is 11.7 Å². The van der Waals surface area contributed by atoms with E-state index >= 15 is 0 Å². The number of nitrogens with one attached hydrogen (secondary N) is 2. The Morgan fingerprint density at radius 2 is 1.89 bits per heavy atom. The summed E-state index contributed by atoms with van der Waals surface area (Å²) in [6.07, 6.45) is 2.34. The molecule has 0 saturated heterocycles. The van der Waals surface area contributed by atoms with Crippen LogP contribution in [0.4, 0.5) is 5.82 Å². The van der Waals surface area contributed by atoms with Gasteiger partial charge in [-0.05, 0) is 39.8 Å². The minimum absolute atomic E-state index is 0.296. The van der Waals surface area contributed by atoms with Crippen LogP contribution >= 0.6 is 7.52 Å². The summed E-state index contributed by atoms with van der Waals surface area (Å²) in [5.41, 5.74) is 0.940. The second-order valence-corrected chi connectivity index (χ2v) is 10.1. The molecule has 0 aliphatic carbocycles. The second kappa shape index (κ2) is 11.9. The molecule has 2 N–H and O–H groups in total. The molecule has 3 rings (SSSR count). The van der Waals surface area contributed by atoms with E-state index in [9.17, 15) is 14.2 Å². The fourth-order valence-electron chi connectivity index (χ4n) is 3.15. The van der Waals surface area contributed by atoms with Gasteiger partial charge in [0.1, 0.15) is 24.5 Å². The van der Waals surface area contributed by atoms with Crippen molar-refractivity contribution in [2.24, 2.45) is 0 Å². The molecule has 0 radical (unpaired) electrons. The van der Waals surface area contributed by atoms with Gasteiger partial charge in [-0.3, -0.25) is 14.2 Å². The van der Waals surface area contributed by atoms with Crippen LogP contribution in [0.5, 0.6) is 5.75 Å². The molecule has 0 fully saturated rings. The highest BCUT2D eigenvalue weighted by atomic mass is 31.2. The number of fused-ring (bicyclic) bond motifs is 1. The lowest BCUT2D eigenvalue weighted by Gasteiger charge is -2.25. The first-order valence-electron chi connectivity index (χ1n) is 11.0. The third kappa shape index (κ3) is 7.32. The second-order valence-electron chi connectivity index (χ2n) is 8.07. The van der Waals surface area contributed by atoms with E-state index in [-0.39, 0.29) is 12.5 Å². The average Bonchev–Trinajstić information content (AvgIpc) is 3.22. The summed E-state index contributed by atoms with van der Waals surface area (Å²) in [5.74, 6) is 0.121. The molecule has 35 heavy (non-hydrogen) atoms. The summed E-state index contributed by atoms with van der Waals surface area (Å²) >= 11 is 0. The standard InChI is InChI=1S/C22H29N6O6P/c1-15(2)33-22(30)17(4)27-35(31,34-18-8-6-5-7-9-18)14-32-16(3)10-28-12-25-19-20(26-13-29)23-11-24-21(19)28/h5-9,11-13,15-17H,10,14H2,1-4H3,(H,27,31)(H,23,24,26,29)/t16-,17+,35+/m1/s1. The Morgan fingerprint density at radius 3 is 2.57 bits per heavy atom. The highest BCUT2D eigenvalue weighted by molar-refractivity contribution is 7.57. The van der Waals surface area contributed by atoms with Gasteiger partial charge in [-0.15, -0.1) is 0 Å². The number of hydrogen-bond donors (Lipinski definition) is 2. The van der Waals surface area contributed by atoms with Crippen LogP contribution in [0.2, 0.25) is 0 Å². The largest absolute Gasteiger partial charge is 0.462 e. The fourth-order valence-corrected chi connectivity index (χ4v) is 4.94. The summed E-state index contributed by atoms with van der Waals surface area (Å²) in [5, 5.41) is 5.25. The van der Waals surface area contributed by atoms with E-state index in [1.165, 1.54) is 6.33 Å². The number of carbonyl (C=O) groups excluding carboxylic acids is 2. The summed E-state index contributed by atoms with van der Waals surface area (Å²) in [6.45, 7) is 7.14. The maximum atomic E-state index is 13.7. The first-order valence-corrected chi connectivity index (χ1v) is 12.8. The van der Waals surface area contributed by atoms with Crippen LogP contribution in [0.25, 0.3) is 11.2 Å². The monoisotopic (exact) mass is 504 g/mol. The van der Waals surface area contributed by atoms with Gasteiger partial charge in [0.15, 0.2) is 17.0 Å². The molecule has 13 heteroatoms. The minimum Gasteiger partial charge on any atom is -0.462 e. The Labute approximate surface area is 202 Å². The summed E-state index contributed by atoms with van der Waals surface area (Å²) < 4.78 is 32.2. The quantitative estimate of drug-likeness (QED) is 0.202. The first kappa shape index (κ1) is 26.3. The molecular weight excluding hydrogens is 475 g/mol. The zero-order valence-electron chi connectivity index (χ0n) is 20.0. The summed E-state index contributed by atoms with van der Waals surface area (Å²) in [4.78, 5) is 35.5. The molecule has 3 aromatic rings. The van der Waals surface area contributed by atoms with Crippen molar-refractivity contribution in [3.8, 4) is 5.75 Å². The maximum absolute atomic E-state index is 13.7. The number of ether oxygens (including phenoxy) is 2. The Bertz CT molecular complexity index is 1190. The van der Waals surface area contributed by atoms with E-state index in [1.54, 1.807) is 68.9 Å². The zero-order valence-corrected chi connectivity index (χ0v) is 20.8. The van der Waals surface area contributed by atoms with E-state index in [1.807, 2.05) is 0 Å². The molecule has 3 atom stereocenters. The van der Waals surface area contributed by atoms with Crippen LogP contribution in [0, 0.1) is 0 Å². The van der Waals surface area contributed by atoms with Gasteiger partial charge >= 0.3 is 13.5 Å². The van der Waals surface area contributed by atoms with Gasteiger partial charge in [0.05, 0.1) is 25.1 Å². The number of aromatic nitrogens is 4. The molecule has 0 aliphatic rings. The summed E-state index contributed by atoms with van der Waals surface area (Å²) in [7, 11) is -3.68. The Hall–Kier alpha value is -3.34. The number of nitrogens with zero attached hydrogens (tertiary/aromatic N) is 4. The number of anilines is 1. The molecule has 1 amide bonds. The van der Waals surface area contributed by atoms with Crippen LogP contribution in [0.1, 0.15) is 27.7 Å². The van der Waals surface area contributed by atoms with Crippen LogP contribution in [-0.2, 0) is 30.2 Å². The lowest BCUT2D eigenvalue weighted by atomic mass is 10.3. The lowest BCUT2D eigenvalue weighted by Crippen LogP contribution is -2.37. The number of rotatable bonds is 13. The predicted octanol–water partition coefficient (Wildman–Crippen LogP) is 2.96. The first-order chi connectivity index (χ1) is 16.7. The molecule has 1 aromatic carbocycles. The Morgan fingerprint density at radius 1 is 1.14 bits per heavy atom. The highest BCUT2D eigenvalue weighted by Gasteiger charge is 2.32. The molecular formula is C22H29N6O6P. The van der Waals surface area contributed by atoms with Gasteiger partial charge in [0.25, 0.3) is 0 Å². The minimum atomic E-state index is -3.68. The van der Waals surface area contributed by atoms with Gasteiger partial charge in [-0.25, -0.2) is 20.0 Å².